The van der Waals surface area contributed by atoms with E-state index in [4.69, 9.17) is 5.53 Å². The topological polar surface area (TPSA) is 36.4 Å². The Hall–Kier alpha value is -0.920. The molecule has 0 radical (unpaired) electrons. The van der Waals surface area contributed by atoms with Crippen molar-refractivity contribution in [2.45, 2.75) is 6.92 Å². The number of hydrogen-bond donors (Lipinski definition) is 0. The fourth-order valence-electron chi connectivity index (χ4n) is 0.580. The number of thiophene rings is 1. The summed E-state index contributed by atoms with van der Waals surface area (Å²) in [4.78, 5) is 5.11. The van der Waals surface area contributed by atoms with E-state index in [-0.39, 0.29) is 0 Å². The lowest BCUT2D eigenvalue weighted by Crippen LogP contribution is -1.68. The molecule has 9 heavy (non-hydrogen) atoms. The molecule has 0 amide bonds. The van der Waals surface area contributed by atoms with Crippen molar-refractivity contribution in [1.29, 1.82) is 0 Å². The summed E-state index contributed by atoms with van der Waals surface area (Å²) in [7, 11) is 0. The molecule has 0 fully saturated rings. The number of hydrogen-bond acceptors (Lipinski definition) is 1. The van der Waals surface area contributed by atoms with E-state index in [2.05, 4.69) is 4.79 Å². The smallest absolute Gasteiger partial charge is 0.297 e. The fourth-order valence-corrected chi connectivity index (χ4v) is 1.32. The third-order valence-corrected chi connectivity index (χ3v) is 1.88. The van der Waals surface area contributed by atoms with E-state index < -0.39 is 0 Å². The second-order valence-corrected chi connectivity index (χ2v) is 3.01. The van der Waals surface area contributed by atoms with Crippen molar-refractivity contribution < 1.29 is 4.79 Å². The van der Waals surface area contributed by atoms with Gasteiger partial charge in [-0.05, 0) is 19.1 Å². The molecule has 0 N–H and O–H groups in total. The molecule has 0 atom stereocenters. The first-order valence-corrected chi connectivity index (χ1v) is 3.38. The van der Waals surface area contributed by atoms with Gasteiger partial charge in [0.2, 0.25) is 0 Å². The Labute approximate surface area is 57.4 Å². The van der Waals surface area contributed by atoms with Crippen molar-refractivity contribution in [2.24, 2.45) is 0 Å². The number of rotatable bonds is 1. The van der Waals surface area contributed by atoms with Crippen LogP contribution in [0.4, 0.5) is 0 Å². The average molecular weight is 138 g/mol. The van der Waals surface area contributed by atoms with Crippen LogP contribution >= 0.6 is 11.3 Å². The lowest BCUT2D eigenvalue weighted by Gasteiger charge is -1.69. The summed E-state index contributed by atoms with van der Waals surface area (Å²) in [5.74, 6) is 0. The maximum atomic E-state index is 8.11. The monoisotopic (exact) mass is 138 g/mol. The minimum Gasteiger partial charge on any atom is -0.361 e. The molecule has 0 aromatic carbocycles. The van der Waals surface area contributed by atoms with Crippen LogP contribution in [0.2, 0.25) is 0 Å². The summed E-state index contributed by atoms with van der Waals surface area (Å²) in [6.07, 6.45) is 1.43. The molecule has 0 spiro atoms. The van der Waals surface area contributed by atoms with Crippen molar-refractivity contribution >= 4 is 17.6 Å². The zero-order valence-electron chi connectivity index (χ0n) is 5.03. The molecule has 46 valence electrons. The van der Waals surface area contributed by atoms with Gasteiger partial charge in [0.1, 0.15) is 4.88 Å². The lowest BCUT2D eigenvalue weighted by molar-refractivity contribution is 0.00482. The van der Waals surface area contributed by atoms with Gasteiger partial charge < -0.3 is 5.53 Å². The van der Waals surface area contributed by atoms with E-state index in [9.17, 15) is 0 Å². The molecule has 0 saturated heterocycles. The fraction of sp³-hybridized carbons (Fsp3) is 0.167. The normalized spacial score (nSPS) is 8.56. The molecule has 2 nitrogen and oxygen atoms in total. The Kier molecular flexibility index (Phi) is 1.78. The molecule has 0 aliphatic heterocycles. The highest BCUT2D eigenvalue weighted by atomic mass is 32.1. The highest BCUT2D eigenvalue weighted by molar-refractivity contribution is 7.13. The maximum absolute atomic E-state index is 8.11. The van der Waals surface area contributed by atoms with Crippen molar-refractivity contribution in [3.05, 3.63) is 27.4 Å². The van der Waals surface area contributed by atoms with Crippen LogP contribution in [0, 0.1) is 6.92 Å². The van der Waals surface area contributed by atoms with Crippen LogP contribution in [0.5, 0.6) is 0 Å². The van der Waals surface area contributed by atoms with E-state index >= 15 is 0 Å². The molecule has 1 aromatic heterocycles. The SMILES string of the molecule is Cc1ccc(C=[N+]=[N-])s1. The largest absolute Gasteiger partial charge is 0.361 e. The first-order valence-electron chi connectivity index (χ1n) is 2.57. The summed E-state index contributed by atoms with van der Waals surface area (Å²) in [5, 5.41) is 0. The van der Waals surface area contributed by atoms with E-state index in [1.54, 1.807) is 11.3 Å². The van der Waals surface area contributed by atoms with Gasteiger partial charge >= 0.3 is 0 Å². The molecule has 1 heterocycles. The highest BCUT2D eigenvalue weighted by Gasteiger charge is 1.93. The number of aryl methyl sites for hydroxylation is 1. The van der Waals surface area contributed by atoms with Gasteiger partial charge in [0, 0.05) is 4.88 Å². The minimum atomic E-state index is 0.981. The zero-order valence-corrected chi connectivity index (χ0v) is 5.85. The van der Waals surface area contributed by atoms with Gasteiger partial charge in [-0.15, -0.1) is 11.3 Å². The Bertz CT molecular complexity index is 245. The van der Waals surface area contributed by atoms with Gasteiger partial charge in [-0.25, -0.2) is 0 Å². The molecular formula is C6H6N2S. The molecular weight excluding hydrogens is 132 g/mol. The van der Waals surface area contributed by atoms with Crippen LogP contribution in [-0.2, 0) is 0 Å². The van der Waals surface area contributed by atoms with Gasteiger partial charge in [-0.3, -0.25) is 0 Å². The average Bonchev–Trinajstić information content (AvgIpc) is 2.17. The summed E-state index contributed by atoms with van der Waals surface area (Å²) in [6, 6.07) is 3.90. The standard InChI is InChI=1S/C6H6N2S/c1-5-2-3-6(9-5)4-8-7/h2-4H,1H3. The predicted molar refractivity (Wildman–Crippen MR) is 37.8 cm³/mol. The summed E-state index contributed by atoms with van der Waals surface area (Å²) < 4.78 is 0. The van der Waals surface area contributed by atoms with Crippen LogP contribution in [0.3, 0.4) is 0 Å². The lowest BCUT2D eigenvalue weighted by atomic mass is 10.4. The van der Waals surface area contributed by atoms with Gasteiger partial charge in [0.15, 0.2) is 0 Å². The van der Waals surface area contributed by atoms with E-state index in [1.807, 2.05) is 19.1 Å². The Balaban J connectivity index is 2.97. The molecule has 0 bridgehead atoms. The Morgan fingerprint density at radius 2 is 2.44 bits per heavy atom. The van der Waals surface area contributed by atoms with Crippen LogP contribution in [0.1, 0.15) is 9.75 Å². The van der Waals surface area contributed by atoms with Crippen LogP contribution in [-0.4, -0.2) is 11.0 Å². The quantitative estimate of drug-likeness (QED) is 0.322. The number of nitrogens with zero attached hydrogens (tertiary/aromatic N) is 2. The second-order valence-electron chi connectivity index (χ2n) is 1.69. The Morgan fingerprint density at radius 3 is 2.89 bits per heavy atom. The molecule has 0 unspecified atom stereocenters. The van der Waals surface area contributed by atoms with Crippen LogP contribution in [0.15, 0.2) is 12.1 Å². The van der Waals surface area contributed by atoms with Crippen molar-refractivity contribution in [3.8, 4) is 0 Å². The highest BCUT2D eigenvalue weighted by Crippen LogP contribution is 2.11. The molecule has 1 aromatic rings. The predicted octanol–water partition coefficient (Wildman–Crippen LogP) is 1.71. The van der Waals surface area contributed by atoms with Gasteiger partial charge in [0.25, 0.3) is 6.21 Å². The third-order valence-electron chi connectivity index (χ3n) is 0.946. The summed E-state index contributed by atoms with van der Waals surface area (Å²) >= 11 is 1.60. The van der Waals surface area contributed by atoms with Gasteiger partial charge in [0.05, 0.1) is 0 Å². The minimum absolute atomic E-state index is 0.981. The molecule has 0 saturated carbocycles. The Morgan fingerprint density at radius 1 is 1.67 bits per heavy atom. The van der Waals surface area contributed by atoms with Crippen molar-refractivity contribution in [2.75, 3.05) is 0 Å². The van der Waals surface area contributed by atoms with Crippen LogP contribution in [0.25, 0.3) is 5.53 Å². The van der Waals surface area contributed by atoms with Crippen molar-refractivity contribution in [1.82, 2.24) is 0 Å². The molecule has 0 aliphatic rings. The first kappa shape index (κ1) is 6.20. The molecule has 3 heteroatoms. The third kappa shape index (κ3) is 1.49. The molecule has 1 rings (SSSR count). The van der Waals surface area contributed by atoms with E-state index in [0.29, 0.717) is 0 Å². The van der Waals surface area contributed by atoms with Gasteiger partial charge in [-0.2, -0.15) is 4.79 Å². The summed E-state index contributed by atoms with van der Waals surface area (Å²) in [6.45, 7) is 2.01. The zero-order chi connectivity index (χ0) is 6.69. The van der Waals surface area contributed by atoms with Crippen molar-refractivity contribution in [3.63, 3.8) is 0 Å². The molecule has 0 aliphatic carbocycles. The first-order chi connectivity index (χ1) is 4.33. The van der Waals surface area contributed by atoms with E-state index in [1.165, 1.54) is 11.1 Å². The second kappa shape index (κ2) is 2.58. The van der Waals surface area contributed by atoms with E-state index in [0.717, 1.165) is 4.88 Å². The van der Waals surface area contributed by atoms with Gasteiger partial charge in [-0.1, -0.05) is 0 Å². The van der Waals surface area contributed by atoms with Crippen LogP contribution < -0.4 is 0 Å². The summed E-state index contributed by atoms with van der Waals surface area (Å²) in [5.41, 5.74) is 8.11. The maximum Gasteiger partial charge on any atom is 0.297 e.